The minimum atomic E-state index is -3.00. The molecule has 2 heterocycles. The number of anilines is 1. The van der Waals surface area contributed by atoms with Crippen molar-refractivity contribution >= 4 is 32.3 Å². The minimum absolute atomic E-state index is 0.0203. The summed E-state index contributed by atoms with van der Waals surface area (Å²) in [5.74, 6) is -0.853. The van der Waals surface area contributed by atoms with Crippen LogP contribution in [0.15, 0.2) is 0 Å². The Morgan fingerprint density at radius 2 is 2.22 bits per heavy atom. The van der Waals surface area contributed by atoms with Crippen molar-refractivity contribution in [1.82, 2.24) is 4.98 Å². The largest absolute Gasteiger partial charge is 0.476 e. The number of aryl methyl sites for hydroxylation is 1. The zero-order chi connectivity index (χ0) is 13.6. The van der Waals surface area contributed by atoms with Crippen LogP contribution in [0.25, 0.3) is 0 Å². The number of hydrogen-bond donors (Lipinski definition) is 2. The Hall–Kier alpha value is -1.15. The molecule has 1 aromatic rings. The van der Waals surface area contributed by atoms with E-state index in [0.717, 1.165) is 0 Å². The SMILES string of the molecule is Cc1sc(NC2(C)CCS(=O)(=O)C2)nc1C(=O)O. The van der Waals surface area contributed by atoms with Gasteiger partial charge < -0.3 is 10.4 Å². The predicted molar refractivity (Wildman–Crippen MR) is 69.1 cm³/mol. The second-order valence-electron chi connectivity index (χ2n) is 4.76. The summed E-state index contributed by atoms with van der Waals surface area (Å²) in [6.45, 7) is 3.49. The van der Waals surface area contributed by atoms with Gasteiger partial charge in [-0.15, -0.1) is 11.3 Å². The van der Waals surface area contributed by atoms with Crippen molar-refractivity contribution in [3.63, 3.8) is 0 Å². The molecule has 0 bridgehead atoms. The molecule has 0 aromatic carbocycles. The fourth-order valence-corrected chi connectivity index (χ4v) is 5.06. The van der Waals surface area contributed by atoms with E-state index >= 15 is 0 Å². The first-order chi connectivity index (χ1) is 8.21. The molecule has 100 valence electrons. The Kier molecular flexibility index (Phi) is 3.10. The quantitative estimate of drug-likeness (QED) is 0.866. The Balaban J connectivity index is 2.20. The first kappa shape index (κ1) is 13.3. The molecule has 1 aliphatic heterocycles. The van der Waals surface area contributed by atoms with Crippen LogP contribution in [0.2, 0.25) is 0 Å². The third kappa shape index (κ3) is 2.64. The van der Waals surface area contributed by atoms with Gasteiger partial charge in [0.2, 0.25) is 0 Å². The number of carbonyl (C=O) groups is 1. The molecule has 1 atom stereocenters. The van der Waals surface area contributed by atoms with Crippen molar-refractivity contribution in [3.8, 4) is 0 Å². The summed E-state index contributed by atoms with van der Waals surface area (Å²) in [5.41, 5.74) is -0.536. The lowest BCUT2D eigenvalue weighted by molar-refractivity contribution is 0.0690. The van der Waals surface area contributed by atoms with Gasteiger partial charge in [0.25, 0.3) is 0 Å². The van der Waals surface area contributed by atoms with E-state index in [-0.39, 0.29) is 17.2 Å². The van der Waals surface area contributed by atoms with Crippen molar-refractivity contribution in [3.05, 3.63) is 10.6 Å². The Morgan fingerprint density at radius 3 is 2.67 bits per heavy atom. The number of sulfone groups is 1. The van der Waals surface area contributed by atoms with Gasteiger partial charge >= 0.3 is 5.97 Å². The molecular weight excluding hydrogens is 276 g/mol. The molecule has 1 aliphatic rings. The number of nitrogens with one attached hydrogen (secondary N) is 1. The molecule has 0 amide bonds. The fourth-order valence-electron chi connectivity index (χ4n) is 2.02. The average Bonchev–Trinajstić information content (AvgIpc) is 2.67. The minimum Gasteiger partial charge on any atom is -0.476 e. The summed E-state index contributed by atoms with van der Waals surface area (Å²) < 4.78 is 22.9. The van der Waals surface area contributed by atoms with Crippen molar-refractivity contribution in [2.75, 3.05) is 16.8 Å². The van der Waals surface area contributed by atoms with Crippen molar-refractivity contribution in [2.45, 2.75) is 25.8 Å². The third-order valence-electron chi connectivity index (χ3n) is 2.91. The Morgan fingerprint density at radius 1 is 1.56 bits per heavy atom. The normalized spacial score (nSPS) is 26.1. The molecule has 6 nitrogen and oxygen atoms in total. The van der Waals surface area contributed by atoms with Crippen LogP contribution in [0.4, 0.5) is 5.13 Å². The summed E-state index contributed by atoms with van der Waals surface area (Å²) in [5, 5.41) is 12.4. The molecule has 1 saturated heterocycles. The van der Waals surface area contributed by atoms with Gasteiger partial charge in [0.15, 0.2) is 20.7 Å². The smallest absolute Gasteiger partial charge is 0.355 e. The van der Waals surface area contributed by atoms with Gasteiger partial charge in [-0.3, -0.25) is 0 Å². The standard InChI is InChI=1S/C10H14N2O4S2/c1-6-7(8(13)14)11-9(17-6)12-10(2)3-4-18(15,16)5-10/h3-5H2,1-2H3,(H,11,12)(H,13,14). The maximum absolute atomic E-state index is 11.5. The van der Waals surface area contributed by atoms with E-state index in [0.29, 0.717) is 16.4 Å². The number of nitrogens with zero attached hydrogens (tertiary/aromatic N) is 1. The highest BCUT2D eigenvalue weighted by molar-refractivity contribution is 7.91. The first-order valence-corrected chi connectivity index (χ1v) is 8.04. The second-order valence-corrected chi connectivity index (χ2v) is 8.14. The molecule has 1 fully saturated rings. The van der Waals surface area contributed by atoms with Crippen LogP contribution in [-0.4, -0.2) is 41.5 Å². The highest BCUT2D eigenvalue weighted by atomic mass is 32.2. The maximum atomic E-state index is 11.5. The Bertz CT molecular complexity index is 593. The van der Waals surface area contributed by atoms with Gasteiger partial charge in [0.1, 0.15) is 0 Å². The van der Waals surface area contributed by atoms with E-state index in [2.05, 4.69) is 10.3 Å². The number of rotatable bonds is 3. The molecule has 2 N–H and O–H groups in total. The van der Waals surface area contributed by atoms with E-state index in [4.69, 9.17) is 5.11 Å². The van der Waals surface area contributed by atoms with Crippen molar-refractivity contribution in [1.29, 1.82) is 0 Å². The van der Waals surface area contributed by atoms with Gasteiger partial charge in [-0.25, -0.2) is 18.2 Å². The van der Waals surface area contributed by atoms with E-state index in [9.17, 15) is 13.2 Å². The highest BCUT2D eigenvalue weighted by Gasteiger charge is 2.39. The van der Waals surface area contributed by atoms with Gasteiger partial charge in [0, 0.05) is 4.88 Å². The van der Waals surface area contributed by atoms with E-state index in [1.165, 1.54) is 11.3 Å². The first-order valence-electron chi connectivity index (χ1n) is 5.40. The van der Waals surface area contributed by atoms with E-state index < -0.39 is 21.3 Å². The molecule has 0 spiro atoms. The van der Waals surface area contributed by atoms with Crippen LogP contribution in [0.5, 0.6) is 0 Å². The lowest BCUT2D eigenvalue weighted by Crippen LogP contribution is -2.35. The van der Waals surface area contributed by atoms with Crippen LogP contribution in [-0.2, 0) is 9.84 Å². The van der Waals surface area contributed by atoms with Gasteiger partial charge in [-0.1, -0.05) is 0 Å². The molecule has 0 radical (unpaired) electrons. The van der Waals surface area contributed by atoms with Crippen molar-refractivity contribution < 1.29 is 18.3 Å². The summed E-state index contributed by atoms with van der Waals surface area (Å²) in [7, 11) is -3.00. The lowest BCUT2D eigenvalue weighted by Gasteiger charge is -2.23. The zero-order valence-electron chi connectivity index (χ0n) is 10.1. The molecule has 1 aromatic heterocycles. The number of hydrogen-bond acceptors (Lipinski definition) is 6. The monoisotopic (exact) mass is 290 g/mol. The van der Waals surface area contributed by atoms with Gasteiger partial charge in [0.05, 0.1) is 17.0 Å². The summed E-state index contributed by atoms with van der Waals surface area (Å²) in [6.07, 6.45) is 0.510. The van der Waals surface area contributed by atoms with Crippen molar-refractivity contribution in [2.24, 2.45) is 0 Å². The summed E-state index contributed by atoms with van der Waals surface area (Å²) >= 11 is 1.23. The molecule has 18 heavy (non-hydrogen) atoms. The predicted octanol–water partition coefficient (Wildman–Crippen LogP) is 1.14. The number of carboxylic acids is 1. The number of carboxylic acid groups (broad SMARTS) is 1. The summed E-state index contributed by atoms with van der Waals surface area (Å²) in [4.78, 5) is 15.5. The zero-order valence-corrected chi connectivity index (χ0v) is 11.7. The van der Waals surface area contributed by atoms with Crippen LogP contribution < -0.4 is 5.32 Å². The Labute approximate surface area is 109 Å². The molecular formula is C10H14N2O4S2. The summed E-state index contributed by atoms with van der Waals surface area (Å²) in [6, 6.07) is 0. The average molecular weight is 290 g/mol. The van der Waals surface area contributed by atoms with Gasteiger partial charge in [-0.2, -0.15) is 0 Å². The van der Waals surface area contributed by atoms with Gasteiger partial charge in [-0.05, 0) is 20.3 Å². The number of aromatic carboxylic acids is 1. The van der Waals surface area contributed by atoms with Crippen LogP contribution in [0, 0.1) is 6.92 Å². The molecule has 1 unspecified atom stereocenters. The molecule has 2 rings (SSSR count). The number of thiazole rings is 1. The van der Waals surface area contributed by atoms with Crippen LogP contribution >= 0.6 is 11.3 Å². The fraction of sp³-hybridized carbons (Fsp3) is 0.600. The molecule has 0 saturated carbocycles. The third-order valence-corrected chi connectivity index (χ3v) is 5.70. The maximum Gasteiger partial charge on any atom is 0.355 e. The number of aromatic nitrogens is 1. The topological polar surface area (TPSA) is 96.4 Å². The van der Waals surface area contributed by atoms with Crippen LogP contribution in [0.1, 0.15) is 28.7 Å². The lowest BCUT2D eigenvalue weighted by atomic mass is 10.0. The van der Waals surface area contributed by atoms with E-state index in [1.54, 1.807) is 6.92 Å². The molecule has 8 heteroatoms. The highest BCUT2D eigenvalue weighted by Crippen LogP contribution is 2.30. The second kappa shape index (κ2) is 4.20. The molecule has 0 aliphatic carbocycles. The van der Waals surface area contributed by atoms with Crippen LogP contribution in [0.3, 0.4) is 0 Å². The van der Waals surface area contributed by atoms with E-state index in [1.807, 2.05) is 6.92 Å².